The third-order valence-corrected chi connectivity index (χ3v) is 7.73. The van der Waals surface area contributed by atoms with Crippen molar-refractivity contribution in [2.24, 2.45) is 5.92 Å². The van der Waals surface area contributed by atoms with Crippen LogP contribution in [0, 0.1) is 11.7 Å². The van der Waals surface area contributed by atoms with Crippen molar-refractivity contribution in [3.63, 3.8) is 0 Å². The maximum Gasteiger partial charge on any atom is 0.307 e. The zero-order chi connectivity index (χ0) is 24.9. The Morgan fingerprint density at radius 2 is 1.86 bits per heavy atom. The summed E-state index contributed by atoms with van der Waals surface area (Å²) in [6.45, 7) is 3.80. The maximum absolute atomic E-state index is 14.7. The van der Waals surface area contributed by atoms with E-state index in [1.807, 2.05) is 0 Å². The number of rotatable bonds is 9. The standard InChI is InChI=1S/C26H34FN3O4S.2ClH/c1-34-24(32)10-13-29-15-14-28(17-23(29)31)11-8-19-16-30(12-9-22(19)35)25(26(33)18-6-7-18)20-4-2-3-5-21(20)27;;/h2-5,8,18,22,25,35H,6-7,9-17H2,1H3;2*1H/b19-8-;;. The van der Waals surface area contributed by atoms with Gasteiger partial charge in [0.05, 0.1) is 26.1 Å². The lowest BCUT2D eigenvalue weighted by Gasteiger charge is -2.38. The molecule has 0 N–H and O–H groups in total. The lowest BCUT2D eigenvalue weighted by atomic mass is 9.93. The van der Waals surface area contributed by atoms with Gasteiger partial charge in [-0.05, 0) is 30.9 Å². The number of piperidine rings is 1. The lowest BCUT2D eigenvalue weighted by molar-refractivity contribution is -0.142. The van der Waals surface area contributed by atoms with E-state index in [0.29, 0.717) is 44.8 Å². The number of hydrogen-bond donors (Lipinski definition) is 1. The SMILES string of the molecule is COC(=O)CCN1CCN(C/C=C2/CN(C(C(=O)C3CC3)c3ccccc3F)CCC2S)CC1=O.Cl.Cl. The first kappa shape index (κ1) is 31.6. The number of methoxy groups -OCH3 is 1. The normalized spacial score (nSPS) is 22.7. The van der Waals surface area contributed by atoms with Crippen LogP contribution in [0.5, 0.6) is 0 Å². The molecule has 37 heavy (non-hydrogen) atoms. The van der Waals surface area contributed by atoms with E-state index in [-0.39, 0.29) is 65.9 Å². The lowest BCUT2D eigenvalue weighted by Crippen LogP contribution is -2.50. The number of amides is 1. The summed E-state index contributed by atoms with van der Waals surface area (Å²) in [5.41, 5.74) is 1.56. The molecule has 3 aliphatic rings. The summed E-state index contributed by atoms with van der Waals surface area (Å²) in [4.78, 5) is 43.0. The van der Waals surface area contributed by atoms with Crippen LogP contribution >= 0.6 is 37.4 Å². The van der Waals surface area contributed by atoms with Crippen molar-refractivity contribution in [2.75, 3.05) is 52.9 Å². The molecular weight excluding hydrogens is 540 g/mol. The smallest absolute Gasteiger partial charge is 0.307 e. The minimum absolute atomic E-state index is 0. The van der Waals surface area contributed by atoms with Gasteiger partial charge >= 0.3 is 5.97 Å². The Balaban J connectivity index is 0.00000241. The number of carbonyl (C=O) groups is 3. The topological polar surface area (TPSA) is 70.2 Å². The number of halogens is 3. The fraction of sp³-hybridized carbons (Fsp3) is 0.577. The molecule has 0 radical (unpaired) electrons. The van der Waals surface area contributed by atoms with Gasteiger partial charge in [-0.25, -0.2) is 4.39 Å². The summed E-state index contributed by atoms with van der Waals surface area (Å²) in [7, 11) is 1.34. The van der Waals surface area contributed by atoms with Crippen molar-refractivity contribution >= 4 is 55.1 Å². The van der Waals surface area contributed by atoms with Crippen LogP contribution in [0.4, 0.5) is 4.39 Å². The van der Waals surface area contributed by atoms with Crippen molar-refractivity contribution in [1.29, 1.82) is 0 Å². The highest BCUT2D eigenvalue weighted by molar-refractivity contribution is 7.81. The molecule has 11 heteroatoms. The van der Waals surface area contributed by atoms with E-state index in [4.69, 9.17) is 12.6 Å². The largest absolute Gasteiger partial charge is 0.469 e. The quantitative estimate of drug-likeness (QED) is 0.277. The van der Waals surface area contributed by atoms with Crippen LogP contribution in [0.2, 0.25) is 0 Å². The van der Waals surface area contributed by atoms with Crippen LogP contribution in [-0.4, -0.2) is 90.5 Å². The number of thiol groups is 1. The van der Waals surface area contributed by atoms with Gasteiger partial charge in [-0.1, -0.05) is 24.3 Å². The fourth-order valence-corrected chi connectivity index (χ4v) is 5.16. The Labute approximate surface area is 236 Å². The van der Waals surface area contributed by atoms with Crippen molar-refractivity contribution in [1.82, 2.24) is 14.7 Å². The van der Waals surface area contributed by atoms with E-state index in [1.54, 1.807) is 23.1 Å². The molecule has 4 rings (SSSR count). The van der Waals surface area contributed by atoms with Gasteiger partial charge in [-0.3, -0.25) is 24.2 Å². The number of nitrogens with zero attached hydrogens (tertiary/aromatic N) is 3. The van der Waals surface area contributed by atoms with E-state index < -0.39 is 6.04 Å². The molecule has 0 aromatic heterocycles. The highest BCUT2D eigenvalue weighted by Crippen LogP contribution is 2.39. The second-order valence-electron chi connectivity index (χ2n) is 9.60. The zero-order valence-electron chi connectivity index (χ0n) is 21.0. The highest BCUT2D eigenvalue weighted by atomic mass is 35.5. The zero-order valence-corrected chi connectivity index (χ0v) is 23.5. The number of likely N-dealkylation sites (tertiary alicyclic amines) is 1. The Morgan fingerprint density at radius 1 is 1.14 bits per heavy atom. The highest BCUT2D eigenvalue weighted by Gasteiger charge is 2.40. The van der Waals surface area contributed by atoms with Crippen LogP contribution in [0.15, 0.2) is 35.9 Å². The first-order valence-corrected chi connectivity index (χ1v) is 12.8. The molecule has 0 bridgehead atoms. The first-order valence-electron chi connectivity index (χ1n) is 12.3. The van der Waals surface area contributed by atoms with Crippen LogP contribution in [-0.2, 0) is 19.1 Å². The predicted octanol–water partition coefficient (Wildman–Crippen LogP) is 3.33. The summed E-state index contributed by atoms with van der Waals surface area (Å²) < 4.78 is 19.4. The molecule has 1 aromatic carbocycles. The molecule has 206 valence electrons. The molecule has 2 aliphatic heterocycles. The van der Waals surface area contributed by atoms with Crippen LogP contribution < -0.4 is 0 Å². The summed E-state index contributed by atoms with van der Waals surface area (Å²) >= 11 is 4.77. The van der Waals surface area contributed by atoms with Gasteiger partial charge in [-0.15, -0.1) is 24.8 Å². The molecule has 1 aromatic rings. The molecule has 7 nitrogen and oxygen atoms in total. The van der Waals surface area contributed by atoms with E-state index in [2.05, 4.69) is 20.6 Å². The number of Topliss-reactive ketones (excluding diaryl/α,β-unsaturated/α-hetero) is 1. The van der Waals surface area contributed by atoms with Gasteiger partial charge in [0, 0.05) is 56.0 Å². The number of carbonyl (C=O) groups excluding carboxylic acids is 3. The summed E-state index contributed by atoms with van der Waals surface area (Å²) in [6.07, 6.45) is 4.86. The van der Waals surface area contributed by atoms with Crippen molar-refractivity contribution in [3.05, 3.63) is 47.3 Å². The average Bonchev–Trinajstić information content (AvgIpc) is 3.70. The van der Waals surface area contributed by atoms with Crippen LogP contribution in [0.25, 0.3) is 0 Å². The Bertz CT molecular complexity index is 994. The van der Waals surface area contributed by atoms with Crippen molar-refractivity contribution in [2.45, 2.75) is 37.0 Å². The van der Waals surface area contributed by atoms with Gasteiger partial charge in [0.2, 0.25) is 5.91 Å². The van der Waals surface area contributed by atoms with E-state index in [1.165, 1.54) is 13.2 Å². The first-order chi connectivity index (χ1) is 16.9. The third-order valence-electron chi connectivity index (χ3n) is 7.14. The van der Waals surface area contributed by atoms with Gasteiger partial charge in [-0.2, -0.15) is 12.6 Å². The summed E-state index contributed by atoms with van der Waals surface area (Å²) in [5, 5.41) is 0.0700. The molecule has 3 fully saturated rings. The third kappa shape index (κ3) is 8.17. The van der Waals surface area contributed by atoms with E-state index >= 15 is 0 Å². The monoisotopic (exact) mass is 575 g/mol. The van der Waals surface area contributed by atoms with Gasteiger partial charge < -0.3 is 9.64 Å². The van der Waals surface area contributed by atoms with Crippen LogP contribution in [0.3, 0.4) is 0 Å². The molecule has 2 atom stereocenters. The van der Waals surface area contributed by atoms with E-state index in [0.717, 1.165) is 31.4 Å². The second kappa shape index (κ2) is 14.5. The molecule has 0 spiro atoms. The predicted molar refractivity (Wildman–Crippen MR) is 148 cm³/mol. The maximum atomic E-state index is 14.7. The minimum Gasteiger partial charge on any atom is -0.469 e. The molecule has 2 heterocycles. The van der Waals surface area contributed by atoms with Gasteiger partial charge in [0.15, 0.2) is 5.78 Å². The molecule has 2 saturated heterocycles. The fourth-order valence-electron chi connectivity index (χ4n) is 4.86. The minimum atomic E-state index is -0.576. The average molecular weight is 577 g/mol. The summed E-state index contributed by atoms with van der Waals surface area (Å²) in [6, 6.07) is 6.01. The Morgan fingerprint density at radius 3 is 2.51 bits per heavy atom. The Hall–Kier alpha value is -1.65. The van der Waals surface area contributed by atoms with E-state index in [9.17, 15) is 18.8 Å². The van der Waals surface area contributed by atoms with Crippen molar-refractivity contribution < 1.29 is 23.5 Å². The van der Waals surface area contributed by atoms with Crippen LogP contribution in [0.1, 0.15) is 37.3 Å². The number of benzene rings is 1. The van der Waals surface area contributed by atoms with Crippen molar-refractivity contribution in [3.8, 4) is 0 Å². The number of ketones is 1. The second-order valence-corrected chi connectivity index (χ2v) is 10.2. The number of hydrogen-bond acceptors (Lipinski definition) is 7. The molecule has 2 unspecified atom stereocenters. The molecule has 1 aliphatic carbocycles. The van der Waals surface area contributed by atoms with Gasteiger partial charge in [0.1, 0.15) is 5.82 Å². The molecular formula is C26H36Cl2FN3O4S. The molecule has 1 saturated carbocycles. The number of ether oxygens (including phenoxy) is 1. The Kier molecular flexibility index (Phi) is 12.4. The summed E-state index contributed by atoms with van der Waals surface area (Å²) in [5.74, 6) is -0.516. The number of esters is 1. The number of piperazine rings is 1. The molecule has 1 amide bonds. The van der Waals surface area contributed by atoms with Gasteiger partial charge in [0.25, 0.3) is 0 Å².